The van der Waals surface area contributed by atoms with Crippen LogP contribution in [0.3, 0.4) is 0 Å². The SMILES string of the molecule is Cc1ccnc(NC(=O)C2CCN(S(=O)(=O)c3cc(C(=O)N4CCOCC4)cs3)CC2)c1. The highest BCUT2D eigenvalue weighted by Gasteiger charge is 2.33. The van der Waals surface area contributed by atoms with Gasteiger partial charge in [-0.15, -0.1) is 11.3 Å². The molecule has 4 heterocycles. The maximum absolute atomic E-state index is 13.1. The first kappa shape index (κ1) is 22.8. The van der Waals surface area contributed by atoms with Gasteiger partial charge in [0.15, 0.2) is 0 Å². The Bertz CT molecular complexity index is 1090. The molecule has 172 valence electrons. The molecule has 11 heteroatoms. The van der Waals surface area contributed by atoms with E-state index in [9.17, 15) is 18.0 Å². The quantitative estimate of drug-likeness (QED) is 0.704. The van der Waals surface area contributed by atoms with Gasteiger partial charge in [0.25, 0.3) is 15.9 Å². The summed E-state index contributed by atoms with van der Waals surface area (Å²) in [5.41, 5.74) is 1.38. The smallest absolute Gasteiger partial charge is 0.254 e. The second-order valence-corrected chi connectivity index (χ2v) is 11.0. The summed E-state index contributed by atoms with van der Waals surface area (Å²) in [6, 6.07) is 5.10. The van der Waals surface area contributed by atoms with Gasteiger partial charge in [-0.05, 0) is 43.5 Å². The van der Waals surface area contributed by atoms with Crippen molar-refractivity contribution in [2.75, 3.05) is 44.7 Å². The van der Waals surface area contributed by atoms with E-state index in [4.69, 9.17) is 4.74 Å². The van der Waals surface area contributed by atoms with E-state index >= 15 is 0 Å². The normalized spacial score (nSPS) is 18.5. The zero-order chi connectivity index (χ0) is 22.7. The first-order chi connectivity index (χ1) is 15.3. The molecule has 1 N–H and O–H groups in total. The number of sulfonamides is 1. The number of nitrogens with one attached hydrogen (secondary N) is 1. The van der Waals surface area contributed by atoms with E-state index < -0.39 is 10.0 Å². The van der Waals surface area contributed by atoms with Gasteiger partial charge in [-0.2, -0.15) is 4.31 Å². The number of carbonyl (C=O) groups excluding carboxylic acids is 2. The Morgan fingerprint density at radius 3 is 2.56 bits per heavy atom. The van der Waals surface area contributed by atoms with Crippen LogP contribution in [0.15, 0.2) is 34.0 Å². The van der Waals surface area contributed by atoms with E-state index in [2.05, 4.69) is 10.3 Å². The number of piperidine rings is 1. The molecular weight excluding hydrogens is 452 g/mol. The lowest BCUT2D eigenvalue weighted by atomic mass is 9.97. The lowest BCUT2D eigenvalue weighted by Gasteiger charge is -2.30. The monoisotopic (exact) mass is 478 g/mol. The number of anilines is 1. The maximum Gasteiger partial charge on any atom is 0.254 e. The van der Waals surface area contributed by atoms with Crippen molar-refractivity contribution in [2.24, 2.45) is 5.92 Å². The summed E-state index contributed by atoms with van der Waals surface area (Å²) in [7, 11) is -3.71. The molecule has 32 heavy (non-hydrogen) atoms. The van der Waals surface area contributed by atoms with Gasteiger partial charge < -0.3 is 15.0 Å². The Morgan fingerprint density at radius 1 is 1.16 bits per heavy atom. The highest BCUT2D eigenvalue weighted by atomic mass is 32.2. The van der Waals surface area contributed by atoms with Crippen LogP contribution in [0.4, 0.5) is 5.82 Å². The second-order valence-electron chi connectivity index (χ2n) is 7.95. The van der Waals surface area contributed by atoms with Crippen LogP contribution >= 0.6 is 11.3 Å². The Hall–Kier alpha value is -2.34. The molecule has 4 rings (SSSR count). The minimum Gasteiger partial charge on any atom is -0.378 e. The summed E-state index contributed by atoms with van der Waals surface area (Å²) < 4.78 is 33.0. The largest absolute Gasteiger partial charge is 0.378 e. The molecular formula is C21H26N4O5S2. The fourth-order valence-corrected chi connectivity index (χ4v) is 6.61. The highest BCUT2D eigenvalue weighted by molar-refractivity contribution is 7.91. The molecule has 2 aromatic heterocycles. The summed E-state index contributed by atoms with van der Waals surface area (Å²) in [6.45, 7) is 4.42. The van der Waals surface area contributed by atoms with Gasteiger partial charge in [0, 0.05) is 43.7 Å². The van der Waals surface area contributed by atoms with Crippen LogP contribution in [0.25, 0.3) is 0 Å². The molecule has 2 aromatic rings. The Kier molecular flexibility index (Phi) is 6.89. The lowest BCUT2D eigenvalue weighted by Crippen LogP contribution is -2.41. The van der Waals surface area contributed by atoms with Crippen LogP contribution in [0.5, 0.6) is 0 Å². The highest BCUT2D eigenvalue weighted by Crippen LogP contribution is 2.29. The fourth-order valence-electron chi connectivity index (χ4n) is 3.83. The molecule has 2 fully saturated rings. The Labute approximate surface area is 191 Å². The average molecular weight is 479 g/mol. The summed E-state index contributed by atoms with van der Waals surface area (Å²) in [6.07, 6.45) is 2.50. The molecule has 0 aliphatic carbocycles. The number of nitrogens with zero attached hydrogens (tertiary/aromatic N) is 3. The van der Waals surface area contributed by atoms with E-state index in [0.29, 0.717) is 50.5 Å². The minimum atomic E-state index is -3.71. The molecule has 0 bridgehead atoms. The fraction of sp³-hybridized carbons (Fsp3) is 0.476. The van der Waals surface area contributed by atoms with E-state index in [-0.39, 0.29) is 35.0 Å². The average Bonchev–Trinajstić information content (AvgIpc) is 3.30. The van der Waals surface area contributed by atoms with E-state index in [1.165, 1.54) is 10.4 Å². The van der Waals surface area contributed by atoms with Crippen molar-refractivity contribution in [1.29, 1.82) is 0 Å². The van der Waals surface area contributed by atoms with Gasteiger partial charge >= 0.3 is 0 Å². The third-order valence-corrected chi connectivity index (χ3v) is 9.02. The Morgan fingerprint density at radius 2 is 1.88 bits per heavy atom. The Balaban J connectivity index is 1.36. The van der Waals surface area contributed by atoms with Gasteiger partial charge in [0.05, 0.1) is 18.8 Å². The molecule has 2 aliphatic rings. The number of pyridine rings is 1. The minimum absolute atomic E-state index is 0.144. The van der Waals surface area contributed by atoms with Crippen molar-refractivity contribution in [1.82, 2.24) is 14.2 Å². The van der Waals surface area contributed by atoms with Crippen molar-refractivity contribution in [3.8, 4) is 0 Å². The van der Waals surface area contributed by atoms with Crippen molar-refractivity contribution in [3.05, 3.63) is 40.9 Å². The number of carbonyl (C=O) groups is 2. The standard InChI is InChI=1S/C21H26N4O5S2/c1-15-2-5-22-18(12-15)23-20(26)16-3-6-25(7-4-16)32(28,29)19-13-17(14-31-19)21(27)24-8-10-30-11-9-24/h2,5,12-14,16H,3-4,6-11H2,1H3,(H,22,23,26). The van der Waals surface area contributed by atoms with Gasteiger partial charge in [-0.25, -0.2) is 13.4 Å². The molecule has 9 nitrogen and oxygen atoms in total. The maximum atomic E-state index is 13.1. The number of aromatic nitrogens is 1. The van der Waals surface area contributed by atoms with Gasteiger partial charge in [-0.1, -0.05) is 0 Å². The molecule has 0 unspecified atom stereocenters. The summed E-state index contributed by atoms with van der Waals surface area (Å²) in [4.78, 5) is 31.0. The second kappa shape index (κ2) is 9.65. The first-order valence-corrected chi connectivity index (χ1v) is 12.9. The number of morpholine rings is 1. The number of aryl methyl sites for hydroxylation is 1. The first-order valence-electron chi connectivity index (χ1n) is 10.5. The van der Waals surface area contributed by atoms with Gasteiger partial charge in [0.2, 0.25) is 5.91 Å². The molecule has 2 saturated heterocycles. The number of hydrogen-bond acceptors (Lipinski definition) is 7. The van der Waals surface area contributed by atoms with Crippen LogP contribution < -0.4 is 5.32 Å². The molecule has 0 atom stereocenters. The zero-order valence-electron chi connectivity index (χ0n) is 17.8. The van der Waals surface area contributed by atoms with E-state index in [1.807, 2.05) is 13.0 Å². The predicted octanol–water partition coefficient (Wildman–Crippen LogP) is 1.96. The van der Waals surface area contributed by atoms with Gasteiger partial charge in [0.1, 0.15) is 10.0 Å². The van der Waals surface area contributed by atoms with E-state index in [0.717, 1.165) is 16.9 Å². The number of amides is 2. The van der Waals surface area contributed by atoms with Gasteiger partial charge in [-0.3, -0.25) is 9.59 Å². The summed E-state index contributed by atoms with van der Waals surface area (Å²) >= 11 is 1.06. The third kappa shape index (κ3) is 5.01. The molecule has 0 spiro atoms. The molecule has 0 radical (unpaired) electrons. The summed E-state index contributed by atoms with van der Waals surface area (Å²) in [5, 5.41) is 4.41. The number of rotatable bonds is 5. The predicted molar refractivity (Wildman–Crippen MR) is 120 cm³/mol. The van der Waals surface area contributed by atoms with Crippen LogP contribution in [-0.2, 0) is 19.6 Å². The van der Waals surface area contributed by atoms with Crippen LogP contribution in [0.1, 0.15) is 28.8 Å². The molecule has 0 aromatic carbocycles. The van der Waals surface area contributed by atoms with Crippen LogP contribution in [0.2, 0.25) is 0 Å². The summed E-state index contributed by atoms with van der Waals surface area (Å²) in [5.74, 6) is -0.0903. The lowest BCUT2D eigenvalue weighted by molar-refractivity contribution is -0.120. The topological polar surface area (TPSA) is 109 Å². The molecule has 2 amide bonds. The number of thiophene rings is 1. The van der Waals surface area contributed by atoms with E-state index in [1.54, 1.807) is 22.5 Å². The number of hydrogen-bond donors (Lipinski definition) is 1. The zero-order valence-corrected chi connectivity index (χ0v) is 19.5. The van der Waals surface area contributed by atoms with Crippen molar-refractivity contribution in [3.63, 3.8) is 0 Å². The van der Waals surface area contributed by atoms with Crippen LogP contribution in [0, 0.1) is 12.8 Å². The van der Waals surface area contributed by atoms with Crippen molar-refractivity contribution < 1.29 is 22.7 Å². The third-order valence-electron chi connectivity index (χ3n) is 5.71. The van der Waals surface area contributed by atoms with Crippen molar-refractivity contribution >= 4 is 39.0 Å². The number of ether oxygens (including phenoxy) is 1. The molecule has 0 saturated carbocycles. The molecule has 2 aliphatic heterocycles. The van der Waals surface area contributed by atoms with Crippen molar-refractivity contribution in [2.45, 2.75) is 24.0 Å². The van der Waals surface area contributed by atoms with Crippen LogP contribution in [-0.4, -0.2) is 73.8 Å².